The first-order valence-electron chi connectivity index (χ1n) is 11.9. The molecule has 0 aliphatic carbocycles. The van der Waals surface area contributed by atoms with Gasteiger partial charge in [-0.15, -0.1) is 0 Å². The van der Waals surface area contributed by atoms with Gasteiger partial charge < -0.3 is 18.8 Å². The summed E-state index contributed by atoms with van der Waals surface area (Å²) in [6.07, 6.45) is 2.96. The zero-order valence-electron chi connectivity index (χ0n) is 20.2. The minimum Gasteiger partial charge on any atom is -0.457 e. The molecular weight excluding hydrogens is 462 g/mol. The number of aryl methyl sites for hydroxylation is 2. The average Bonchev–Trinajstić information content (AvgIpc) is 3.57. The molecule has 2 heterocycles. The van der Waals surface area contributed by atoms with Crippen LogP contribution in [0.15, 0.2) is 65.3 Å². The first kappa shape index (κ1) is 24.9. The number of nitrogens with zero attached hydrogens (tertiary/aromatic N) is 1. The number of hydrogen-bond acceptors (Lipinski definition) is 7. The summed E-state index contributed by atoms with van der Waals surface area (Å²) in [7, 11) is 0. The summed E-state index contributed by atoms with van der Waals surface area (Å²) in [6.45, 7) is 3.85. The van der Waals surface area contributed by atoms with Crippen molar-refractivity contribution in [3.05, 3.63) is 83.3 Å². The SMILES string of the molecule is CCc1cccc(CC)c1N1C[C@H](C(=O)OCC(=O)c2ccc(OC(=O)c3ccco3)cc2)CC1=O. The highest BCUT2D eigenvalue weighted by Gasteiger charge is 2.37. The molecule has 1 aliphatic heterocycles. The Labute approximate surface area is 208 Å². The van der Waals surface area contributed by atoms with Gasteiger partial charge in [-0.1, -0.05) is 32.0 Å². The fraction of sp³-hybridized carbons (Fsp3) is 0.286. The maximum absolute atomic E-state index is 12.8. The third-order valence-corrected chi connectivity index (χ3v) is 6.15. The molecule has 4 rings (SSSR count). The van der Waals surface area contributed by atoms with E-state index in [4.69, 9.17) is 13.9 Å². The first-order chi connectivity index (χ1) is 17.4. The van der Waals surface area contributed by atoms with Gasteiger partial charge in [-0.05, 0) is 60.4 Å². The third kappa shape index (κ3) is 5.38. The maximum Gasteiger partial charge on any atom is 0.379 e. The normalized spacial score (nSPS) is 15.1. The topological polar surface area (TPSA) is 103 Å². The van der Waals surface area contributed by atoms with Crippen molar-refractivity contribution in [2.75, 3.05) is 18.1 Å². The van der Waals surface area contributed by atoms with Crippen LogP contribution in [0.3, 0.4) is 0 Å². The van der Waals surface area contributed by atoms with Gasteiger partial charge in [-0.2, -0.15) is 0 Å². The molecule has 0 spiro atoms. The predicted molar refractivity (Wildman–Crippen MR) is 131 cm³/mol. The summed E-state index contributed by atoms with van der Waals surface area (Å²) < 4.78 is 15.4. The Hall–Kier alpha value is -4.20. The lowest BCUT2D eigenvalue weighted by Crippen LogP contribution is -2.29. The van der Waals surface area contributed by atoms with E-state index in [-0.39, 0.29) is 30.4 Å². The molecule has 36 heavy (non-hydrogen) atoms. The molecule has 1 aliphatic rings. The van der Waals surface area contributed by atoms with Crippen molar-refractivity contribution < 1.29 is 33.1 Å². The predicted octanol–water partition coefficient (Wildman–Crippen LogP) is 4.40. The number of hydrogen-bond donors (Lipinski definition) is 0. The second-order valence-electron chi connectivity index (χ2n) is 8.46. The highest BCUT2D eigenvalue weighted by molar-refractivity contribution is 6.02. The third-order valence-electron chi connectivity index (χ3n) is 6.15. The molecule has 8 nitrogen and oxygen atoms in total. The summed E-state index contributed by atoms with van der Waals surface area (Å²) in [6, 6.07) is 14.9. The van der Waals surface area contributed by atoms with Crippen LogP contribution in [0, 0.1) is 5.92 Å². The monoisotopic (exact) mass is 489 g/mol. The highest BCUT2D eigenvalue weighted by atomic mass is 16.5. The van der Waals surface area contributed by atoms with Gasteiger partial charge in [0, 0.05) is 24.2 Å². The molecule has 1 amide bonds. The quantitative estimate of drug-likeness (QED) is 0.249. The Morgan fingerprint density at radius 3 is 2.28 bits per heavy atom. The van der Waals surface area contributed by atoms with E-state index in [0.717, 1.165) is 29.7 Å². The summed E-state index contributed by atoms with van der Waals surface area (Å²) in [5.74, 6) is -2.08. The number of amides is 1. The maximum atomic E-state index is 12.8. The number of esters is 2. The van der Waals surface area contributed by atoms with Crippen LogP contribution in [-0.2, 0) is 27.2 Å². The summed E-state index contributed by atoms with van der Waals surface area (Å²) >= 11 is 0. The van der Waals surface area contributed by atoms with Gasteiger partial charge in [0.15, 0.2) is 12.4 Å². The number of para-hydroxylation sites is 1. The molecule has 1 aromatic heterocycles. The van der Waals surface area contributed by atoms with Crippen LogP contribution >= 0.6 is 0 Å². The lowest BCUT2D eigenvalue weighted by atomic mass is 10.0. The van der Waals surface area contributed by atoms with Crippen LogP contribution in [0.2, 0.25) is 0 Å². The minimum absolute atomic E-state index is 0.0456. The largest absolute Gasteiger partial charge is 0.457 e. The number of anilines is 1. The van der Waals surface area contributed by atoms with Crippen LogP contribution in [0.4, 0.5) is 5.69 Å². The number of carbonyl (C=O) groups excluding carboxylic acids is 4. The Morgan fingerprint density at radius 1 is 0.972 bits per heavy atom. The Balaban J connectivity index is 1.33. The molecule has 1 fully saturated rings. The smallest absolute Gasteiger partial charge is 0.379 e. The molecule has 2 aromatic carbocycles. The highest BCUT2D eigenvalue weighted by Crippen LogP contribution is 2.32. The van der Waals surface area contributed by atoms with Gasteiger partial charge in [0.2, 0.25) is 11.7 Å². The second kappa shape index (κ2) is 11.0. The van der Waals surface area contributed by atoms with E-state index >= 15 is 0 Å². The van der Waals surface area contributed by atoms with Gasteiger partial charge in [0.1, 0.15) is 5.75 Å². The number of benzene rings is 2. The number of carbonyl (C=O) groups is 4. The van der Waals surface area contributed by atoms with Crippen molar-refractivity contribution >= 4 is 29.3 Å². The number of furan rings is 1. The van der Waals surface area contributed by atoms with E-state index in [1.54, 1.807) is 11.0 Å². The van der Waals surface area contributed by atoms with E-state index in [1.807, 2.05) is 32.0 Å². The minimum atomic E-state index is -0.652. The molecule has 0 unspecified atom stereocenters. The van der Waals surface area contributed by atoms with Gasteiger partial charge in [0.25, 0.3) is 0 Å². The fourth-order valence-electron chi connectivity index (χ4n) is 4.24. The van der Waals surface area contributed by atoms with Crippen molar-refractivity contribution in [1.29, 1.82) is 0 Å². The number of ether oxygens (including phenoxy) is 2. The summed E-state index contributed by atoms with van der Waals surface area (Å²) in [4.78, 5) is 51.6. The van der Waals surface area contributed by atoms with E-state index < -0.39 is 30.2 Å². The van der Waals surface area contributed by atoms with Crippen LogP contribution < -0.4 is 9.64 Å². The van der Waals surface area contributed by atoms with Crippen LogP contribution in [-0.4, -0.2) is 36.8 Å². The van der Waals surface area contributed by atoms with Gasteiger partial charge >= 0.3 is 11.9 Å². The second-order valence-corrected chi connectivity index (χ2v) is 8.46. The van der Waals surface area contributed by atoms with E-state index in [2.05, 4.69) is 0 Å². The lowest BCUT2D eigenvalue weighted by molar-refractivity contribution is -0.147. The Bertz CT molecular complexity index is 1240. The Kier molecular flexibility index (Phi) is 7.63. The van der Waals surface area contributed by atoms with Gasteiger partial charge in [0.05, 0.1) is 12.2 Å². The molecule has 0 bridgehead atoms. The van der Waals surface area contributed by atoms with Gasteiger partial charge in [-0.25, -0.2) is 4.79 Å². The molecule has 0 N–H and O–H groups in total. The molecule has 8 heteroatoms. The Morgan fingerprint density at radius 2 is 1.67 bits per heavy atom. The molecular formula is C28H27NO7. The average molecular weight is 490 g/mol. The summed E-state index contributed by atoms with van der Waals surface area (Å²) in [5, 5.41) is 0. The number of Topliss-reactive ketones (excluding diaryl/α,β-unsaturated/α-hetero) is 1. The van der Waals surface area contributed by atoms with E-state index in [9.17, 15) is 19.2 Å². The van der Waals surface area contributed by atoms with Crippen molar-refractivity contribution in [3.63, 3.8) is 0 Å². The van der Waals surface area contributed by atoms with Crippen molar-refractivity contribution in [2.24, 2.45) is 5.92 Å². The first-order valence-corrected chi connectivity index (χ1v) is 11.9. The number of ketones is 1. The van der Waals surface area contributed by atoms with Crippen molar-refractivity contribution in [2.45, 2.75) is 33.1 Å². The van der Waals surface area contributed by atoms with E-state index in [0.29, 0.717) is 5.56 Å². The van der Waals surface area contributed by atoms with E-state index in [1.165, 1.54) is 36.6 Å². The summed E-state index contributed by atoms with van der Waals surface area (Å²) in [5.41, 5.74) is 3.30. The van der Waals surface area contributed by atoms with Crippen LogP contribution in [0.1, 0.15) is 52.3 Å². The van der Waals surface area contributed by atoms with Crippen molar-refractivity contribution in [1.82, 2.24) is 0 Å². The molecule has 3 aromatic rings. The number of rotatable bonds is 9. The fourth-order valence-corrected chi connectivity index (χ4v) is 4.24. The molecule has 186 valence electrons. The molecule has 0 saturated carbocycles. The zero-order valence-corrected chi connectivity index (χ0v) is 20.2. The lowest BCUT2D eigenvalue weighted by Gasteiger charge is -2.23. The molecule has 0 radical (unpaired) electrons. The van der Waals surface area contributed by atoms with Crippen LogP contribution in [0.25, 0.3) is 0 Å². The standard InChI is InChI=1S/C28H27NO7/c1-3-18-7-5-8-19(4-2)26(18)29-16-21(15-25(29)31)27(32)35-17-23(30)20-10-12-22(13-11-20)36-28(33)24-9-6-14-34-24/h5-14,21H,3-4,15-17H2,1-2H3/t21-/m1/s1. The van der Waals surface area contributed by atoms with Crippen molar-refractivity contribution in [3.8, 4) is 5.75 Å². The molecule has 1 saturated heterocycles. The van der Waals surface area contributed by atoms with Crippen LogP contribution in [0.5, 0.6) is 5.75 Å². The zero-order chi connectivity index (χ0) is 25.7. The van der Waals surface area contributed by atoms with Gasteiger partial charge in [-0.3, -0.25) is 14.4 Å². The molecule has 1 atom stereocenters.